The van der Waals surface area contributed by atoms with E-state index in [1.165, 1.54) is 18.4 Å². The van der Waals surface area contributed by atoms with E-state index >= 15 is 0 Å². The van der Waals surface area contributed by atoms with Gasteiger partial charge in [0.1, 0.15) is 5.75 Å². The molecule has 0 spiro atoms. The first-order valence-corrected chi connectivity index (χ1v) is 8.61. The van der Waals surface area contributed by atoms with Crippen molar-refractivity contribution in [3.05, 3.63) is 29.8 Å². The molecule has 0 aromatic heterocycles. The summed E-state index contributed by atoms with van der Waals surface area (Å²) >= 11 is 0. The fourth-order valence-electron chi connectivity index (χ4n) is 3.09. The minimum atomic E-state index is 0. The number of para-hydroxylation sites is 1. The lowest BCUT2D eigenvalue weighted by atomic mass is 10.0. The molecule has 24 heavy (non-hydrogen) atoms. The molecule has 1 saturated heterocycles. The van der Waals surface area contributed by atoms with Gasteiger partial charge in [0.2, 0.25) is 0 Å². The summed E-state index contributed by atoms with van der Waals surface area (Å²) in [6.07, 6.45) is 3.63. The Morgan fingerprint density at radius 1 is 1.25 bits per heavy atom. The Kier molecular flexibility index (Phi) is 10.1. The van der Waals surface area contributed by atoms with Crippen LogP contribution in [0.4, 0.5) is 0 Å². The molecule has 0 saturated carbocycles. The monoisotopic (exact) mass is 446 g/mol. The summed E-state index contributed by atoms with van der Waals surface area (Å²) in [5.41, 5.74) is 1.25. The SMILES string of the molecule is CCCNC(=NC)NCC(c1ccccc1OC)N1CCCC1.I. The molecule has 1 heterocycles. The second-order valence-electron chi connectivity index (χ2n) is 5.88. The van der Waals surface area contributed by atoms with Crippen LogP contribution in [0.3, 0.4) is 0 Å². The van der Waals surface area contributed by atoms with Gasteiger partial charge in [-0.2, -0.15) is 0 Å². The molecule has 1 aliphatic rings. The summed E-state index contributed by atoms with van der Waals surface area (Å²) in [5, 5.41) is 6.81. The minimum Gasteiger partial charge on any atom is -0.496 e. The largest absolute Gasteiger partial charge is 0.496 e. The van der Waals surface area contributed by atoms with Crippen molar-refractivity contribution in [2.45, 2.75) is 32.2 Å². The van der Waals surface area contributed by atoms with Gasteiger partial charge >= 0.3 is 0 Å². The third-order valence-corrected chi connectivity index (χ3v) is 4.31. The van der Waals surface area contributed by atoms with Crippen molar-refractivity contribution in [1.29, 1.82) is 0 Å². The Morgan fingerprint density at radius 3 is 2.58 bits per heavy atom. The lowest BCUT2D eigenvalue weighted by molar-refractivity contribution is 0.239. The number of hydrogen-bond acceptors (Lipinski definition) is 3. The van der Waals surface area contributed by atoms with Gasteiger partial charge in [0.15, 0.2) is 5.96 Å². The summed E-state index contributed by atoms with van der Waals surface area (Å²) in [6.45, 7) is 6.20. The first-order valence-electron chi connectivity index (χ1n) is 8.61. The van der Waals surface area contributed by atoms with Gasteiger partial charge in [-0.1, -0.05) is 25.1 Å². The number of methoxy groups -OCH3 is 1. The molecule has 2 rings (SSSR count). The van der Waals surface area contributed by atoms with Crippen molar-refractivity contribution in [3.63, 3.8) is 0 Å². The zero-order valence-corrected chi connectivity index (χ0v) is 17.4. The fourth-order valence-corrected chi connectivity index (χ4v) is 3.09. The topological polar surface area (TPSA) is 48.9 Å². The van der Waals surface area contributed by atoms with E-state index in [-0.39, 0.29) is 24.0 Å². The number of ether oxygens (including phenoxy) is 1. The van der Waals surface area contributed by atoms with Gasteiger partial charge in [-0.25, -0.2) is 0 Å². The van der Waals surface area contributed by atoms with Gasteiger partial charge in [-0.05, 0) is 38.4 Å². The van der Waals surface area contributed by atoms with Crippen LogP contribution in [0, 0.1) is 0 Å². The minimum absolute atomic E-state index is 0. The number of rotatable bonds is 7. The highest BCUT2D eigenvalue weighted by atomic mass is 127. The van der Waals surface area contributed by atoms with E-state index in [1.54, 1.807) is 7.11 Å². The van der Waals surface area contributed by atoms with E-state index in [0.717, 1.165) is 44.3 Å². The average molecular weight is 446 g/mol. The van der Waals surface area contributed by atoms with Crippen molar-refractivity contribution in [3.8, 4) is 5.75 Å². The molecule has 1 unspecified atom stereocenters. The highest BCUT2D eigenvalue weighted by Crippen LogP contribution is 2.31. The van der Waals surface area contributed by atoms with Crippen LogP contribution in [-0.2, 0) is 0 Å². The molecule has 1 atom stereocenters. The van der Waals surface area contributed by atoms with Crippen molar-refractivity contribution in [2.24, 2.45) is 4.99 Å². The van der Waals surface area contributed by atoms with Gasteiger partial charge in [0, 0.05) is 25.7 Å². The Hall–Kier alpha value is -1.02. The molecule has 0 radical (unpaired) electrons. The fraction of sp³-hybridized carbons (Fsp3) is 0.611. The zero-order valence-electron chi connectivity index (χ0n) is 15.0. The van der Waals surface area contributed by atoms with Gasteiger partial charge in [0.25, 0.3) is 0 Å². The molecule has 0 aliphatic carbocycles. The molecule has 136 valence electrons. The second-order valence-corrected chi connectivity index (χ2v) is 5.88. The molecule has 0 bridgehead atoms. The van der Waals surface area contributed by atoms with Crippen LogP contribution in [0.1, 0.15) is 37.8 Å². The predicted molar refractivity (Wildman–Crippen MR) is 112 cm³/mol. The molecule has 6 heteroatoms. The maximum atomic E-state index is 5.58. The smallest absolute Gasteiger partial charge is 0.191 e. The third-order valence-electron chi connectivity index (χ3n) is 4.31. The summed E-state index contributed by atoms with van der Waals surface area (Å²) in [5.74, 6) is 1.83. The van der Waals surface area contributed by atoms with Crippen LogP contribution in [0.25, 0.3) is 0 Å². The predicted octanol–water partition coefficient (Wildman–Crippen LogP) is 3.03. The molecule has 0 amide bonds. The number of nitrogens with one attached hydrogen (secondary N) is 2. The van der Waals surface area contributed by atoms with Crippen molar-refractivity contribution >= 4 is 29.9 Å². The number of hydrogen-bond donors (Lipinski definition) is 2. The number of guanidine groups is 1. The summed E-state index contributed by atoms with van der Waals surface area (Å²) in [7, 11) is 3.56. The van der Waals surface area contributed by atoms with Crippen LogP contribution in [0.15, 0.2) is 29.3 Å². The Balaban J connectivity index is 0.00000288. The standard InChI is InChI=1S/C18H30N4O.HI/c1-4-11-20-18(19-2)21-14-16(22-12-7-8-13-22)15-9-5-6-10-17(15)23-3;/h5-6,9-10,16H,4,7-8,11-14H2,1-3H3,(H2,19,20,21);1H. The van der Waals surface area contributed by atoms with E-state index in [9.17, 15) is 0 Å². The maximum absolute atomic E-state index is 5.58. The first kappa shape index (κ1) is 21.0. The number of benzene rings is 1. The van der Waals surface area contributed by atoms with Crippen LogP contribution >= 0.6 is 24.0 Å². The van der Waals surface area contributed by atoms with E-state index in [2.05, 4.69) is 39.6 Å². The number of likely N-dealkylation sites (tertiary alicyclic amines) is 1. The molecule has 1 fully saturated rings. The molecule has 1 aromatic carbocycles. The molecular weight excluding hydrogens is 415 g/mol. The van der Waals surface area contributed by atoms with Crippen molar-refractivity contribution < 1.29 is 4.74 Å². The Bertz CT molecular complexity index is 504. The quantitative estimate of drug-likeness (QED) is 0.384. The van der Waals surface area contributed by atoms with Crippen molar-refractivity contribution in [2.75, 3.05) is 40.3 Å². The van der Waals surface area contributed by atoms with E-state index < -0.39 is 0 Å². The molecule has 1 aliphatic heterocycles. The lowest BCUT2D eigenvalue weighted by Gasteiger charge is -2.30. The first-order chi connectivity index (χ1) is 11.3. The van der Waals surface area contributed by atoms with Crippen LogP contribution in [-0.4, -0.2) is 51.2 Å². The van der Waals surface area contributed by atoms with Crippen molar-refractivity contribution in [1.82, 2.24) is 15.5 Å². The van der Waals surface area contributed by atoms with E-state index in [4.69, 9.17) is 4.74 Å². The average Bonchev–Trinajstić information content (AvgIpc) is 3.12. The second kappa shape index (κ2) is 11.5. The van der Waals surface area contributed by atoms with Crippen LogP contribution in [0.2, 0.25) is 0 Å². The van der Waals surface area contributed by atoms with Crippen LogP contribution < -0.4 is 15.4 Å². The molecule has 5 nitrogen and oxygen atoms in total. The highest BCUT2D eigenvalue weighted by Gasteiger charge is 2.25. The normalized spacial score (nSPS) is 16.4. The molecular formula is C18H31IN4O. The number of aliphatic imine (C=N–C) groups is 1. The zero-order chi connectivity index (χ0) is 16.5. The summed E-state index contributed by atoms with van der Waals surface area (Å²) in [4.78, 5) is 6.84. The lowest BCUT2D eigenvalue weighted by Crippen LogP contribution is -2.42. The highest BCUT2D eigenvalue weighted by molar-refractivity contribution is 14.0. The Morgan fingerprint density at radius 2 is 1.96 bits per heavy atom. The van der Waals surface area contributed by atoms with E-state index in [1.807, 2.05) is 19.2 Å². The summed E-state index contributed by atoms with van der Waals surface area (Å²) in [6, 6.07) is 8.63. The number of halogens is 1. The number of nitrogens with zero attached hydrogens (tertiary/aromatic N) is 2. The third kappa shape index (κ3) is 5.81. The van der Waals surface area contributed by atoms with E-state index in [0.29, 0.717) is 6.04 Å². The molecule has 2 N–H and O–H groups in total. The van der Waals surface area contributed by atoms with Gasteiger partial charge in [-0.15, -0.1) is 24.0 Å². The Labute approximate surface area is 163 Å². The molecule has 1 aromatic rings. The maximum Gasteiger partial charge on any atom is 0.191 e. The van der Waals surface area contributed by atoms with Crippen LogP contribution in [0.5, 0.6) is 5.75 Å². The van der Waals surface area contributed by atoms with Gasteiger partial charge in [0.05, 0.1) is 13.2 Å². The van der Waals surface area contributed by atoms with Gasteiger partial charge in [-0.3, -0.25) is 9.89 Å². The van der Waals surface area contributed by atoms with Gasteiger partial charge < -0.3 is 15.4 Å². The summed E-state index contributed by atoms with van der Waals surface area (Å²) < 4.78 is 5.58.